The predicted octanol–water partition coefficient (Wildman–Crippen LogP) is 4.33. The highest BCUT2D eigenvalue weighted by Crippen LogP contribution is 2.28. The first-order valence-electron chi connectivity index (χ1n) is 6.55. The average Bonchev–Trinajstić information content (AvgIpc) is 2.43. The molecule has 0 aliphatic heterocycles. The van der Waals surface area contributed by atoms with Crippen LogP contribution >= 0.6 is 11.6 Å². The Morgan fingerprint density at radius 2 is 1.86 bits per heavy atom. The third kappa shape index (κ3) is 3.42. The Labute approximate surface area is 131 Å². The van der Waals surface area contributed by atoms with E-state index >= 15 is 0 Å². The van der Waals surface area contributed by atoms with Crippen molar-refractivity contribution in [2.24, 2.45) is 5.41 Å². The lowest BCUT2D eigenvalue weighted by molar-refractivity contribution is -0.146. The molecular weight excluding hydrogens is 312 g/mol. The van der Waals surface area contributed by atoms with E-state index in [-0.39, 0.29) is 22.8 Å². The summed E-state index contributed by atoms with van der Waals surface area (Å²) < 4.78 is 27.1. The van der Waals surface area contributed by atoms with E-state index in [1.54, 1.807) is 13.8 Å². The van der Waals surface area contributed by atoms with Crippen LogP contribution in [0.1, 0.15) is 19.4 Å². The molecule has 1 heterocycles. The predicted molar refractivity (Wildman–Crippen MR) is 79.7 cm³/mol. The summed E-state index contributed by atoms with van der Waals surface area (Å²) in [6.45, 7) is 3.18. The molecule has 1 N–H and O–H groups in total. The number of carbonyl (C=O) groups is 1. The zero-order valence-electron chi connectivity index (χ0n) is 12.0. The van der Waals surface area contributed by atoms with E-state index in [4.69, 9.17) is 16.7 Å². The van der Waals surface area contributed by atoms with Gasteiger partial charge in [0.1, 0.15) is 5.82 Å². The topological polar surface area (TPSA) is 50.2 Å². The highest BCUT2D eigenvalue weighted by atomic mass is 35.5. The van der Waals surface area contributed by atoms with E-state index < -0.39 is 23.0 Å². The Balaban J connectivity index is 2.43. The van der Waals surface area contributed by atoms with Gasteiger partial charge in [0.25, 0.3) is 0 Å². The van der Waals surface area contributed by atoms with Crippen LogP contribution < -0.4 is 0 Å². The first-order valence-corrected chi connectivity index (χ1v) is 6.93. The van der Waals surface area contributed by atoms with Crippen LogP contribution in [-0.2, 0) is 11.2 Å². The second-order valence-electron chi connectivity index (χ2n) is 5.65. The molecule has 3 nitrogen and oxygen atoms in total. The maximum absolute atomic E-state index is 14.0. The largest absolute Gasteiger partial charge is 0.481 e. The molecule has 0 bridgehead atoms. The van der Waals surface area contributed by atoms with Gasteiger partial charge in [-0.2, -0.15) is 0 Å². The van der Waals surface area contributed by atoms with Crippen LogP contribution in [0.25, 0.3) is 11.3 Å². The first-order chi connectivity index (χ1) is 10.2. The van der Waals surface area contributed by atoms with Gasteiger partial charge in [-0.05, 0) is 50.1 Å². The van der Waals surface area contributed by atoms with E-state index in [1.807, 2.05) is 0 Å². The number of aliphatic carboxylic acids is 1. The third-order valence-electron chi connectivity index (χ3n) is 3.33. The summed E-state index contributed by atoms with van der Waals surface area (Å²) >= 11 is 5.62. The maximum atomic E-state index is 14.0. The lowest BCUT2D eigenvalue weighted by atomic mass is 9.85. The minimum absolute atomic E-state index is 0.153. The molecule has 0 atom stereocenters. The summed E-state index contributed by atoms with van der Waals surface area (Å²) in [5.41, 5.74) is 0.00805. The second kappa shape index (κ2) is 6.01. The zero-order valence-corrected chi connectivity index (χ0v) is 12.8. The van der Waals surface area contributed by atoms with Crippen molar-refractivity contribution < 1.29 is 18.7 Å². The van der Waals surface area contributed by atoms with E-state index in [0.717, 1.165) is 6.07 Å². The molecule has 0 radical (unpaired) electrons. The number of halogens is 3. The van der Waals surface area contributed by atoms with Gasteiger partial charge >= 0.3 is 5.97 Å². The first kappa shape index (κ1) is 16.4. The molecule has 1 aromatic carbocycles. The fraction of sp³-hybridized carbons (Fsp3) is 0.250. The second-order valence-corrected chi connectivity index (χ2v) is 6.01. The number of carboxylic acids is 1. The van der Waals surface area contributed by atoms with Gasteiger partial charge in [0, 0.05) is 5.56 Å². The Bertz CT molecular complexity index is 732. The number of rotatable bonds is 4. The molecule has 0 unspecified atom stereocenters. The molecule has 0 fully saturated rings. The normalized spacial score (nSPS) is 11.5. The van der Waals surface area contributed by atoms with Gasteiger partial charge in [-0.1, -0.05) is 17.7 Å². The quantitative estimate of drug-likeness (QED) is 0.851. The number of aromatic nitrogens is 1. The Morgan fingerprint density at radius 1 is 1.23 bits per heavy atom. The number of pyridine rings is 1. The summed E-state index contributed by atoms with van der Waals surface area (Å²) in [6.07, 6.45) is 0.227. The van der Waals surface area contributed by atoms with Gasteiger partial charge < -0.3 is 5.11 Å². The number of hydrogen-bond donors (Lipinski definition) is 1. The van der Waals surface area contributed by atoms with E-state index in [9.17, 15) is 13.6 Å². The van der Waals surface area contributed by atoms with Crippen molar-refractivity contribution in [1.82, 2.24) is 4.98 Å². The summed E-state index contributed by atoms with van der Waals surface area (Å²) in [5.74, 6) is -2.16. The van der Waals surface area contributed by atoms with Crippen LogP contribution in [0.5, 0.6) is 0 Å². The average molecular weight is 326 g/mol. The monoisotopic (exact) mass is 325 g/mol. The molecular formula is C16H14ClF2NO2. The molecule has 0 spiro atoms. The molecule has 0 aliphatic carbocycles. The van der Waals surface area contributed by atoms with Crippen molar-refractivity contribution in [3.8, 4) is 11.3 Å². The smallest absolute Gasteiger partial charge is 0.309 e. The molecule has 6 heteroatoms. The van der Waals surface area contributed by atoms with Crippen molar-refractivity contribution in [2.45, 2.75) is 20.3 Å². The minimum Gasteiger partial charge on any atom is -0.481 e. The van der Waals surface area contributed by atoms with Gasteiger partial charge in [-0.15, -0.1) is 0 Å². The zero-order chi connectivity index (χ0) is 16.5. The highest BCUT2D eigenvalue weighted by Gasteiger charge is 2.27. The van der Waals surface area contributed by atoms with E-state index in [0.29, 0.717) is 5.56 Å². The summed E-state index contributed by atoms with van der Waals surface area (Å²) in [7, 11) is 0. The lowest BCUT2D eigenvalue weighted by Gasteiger charge is -2.19. The van der Waals surface area contributed by atoms with Gasteiger partial charge in [0.2, 0.25) is 0 Å². The fourth-order valence-corrected chi connectivity index (χ4v) is 2.19. The standard InChI is InChI=1S/C16H14ClF2NO2/c1-16(2,15(21)22)8-9-3-4-11(18)10(7-9)13-6-5-12(19)14(17)20-13/h3-7H,8H2,1-2H3,(H,21,22). The Kier molecular flexibility index (Phi) is 4.47. The molecule has 22 heavy (non-hydrogen) atoms. The Morgan fingerprint density at radius 3 is 2.45 bits per heavy atom. The summed E-state index contributed by atoms with van der Waals surface area (Å²) in [4.78, 5) is 15.0. The summed E-state index contributed by atoms with van der Waals surface area (Å²) in [6, 6.07) is 6.70. The van der Waals surface area contributed by atoms with Crippen molar-refractivity contribution in [3.05, 3.63) is 52.7 Å². The number of hydrogen-bond acceptors (Lipinski definition) is 2. The van der Waals surface area contributed by atoms with Crippen LogP contribution in [0.3, 0.4) is 0 Å². The van der Waals surface area contributed by atoms with Gasteiger partial charge in [-0.3, -0.25) is 4.79 Å². The molecule has 0 amide bonds. The molecule has 1 aromatic heterocycles. The third-order valence-corrected chi connectivity index (χ3v) is 3.60. The van der Waals surface area contributed by atoms with Crippen molar-refractivity contribution in [2.75, 3.05) is 0 Å². The Hall–Kier alpha value is -2.01. The van der Waals surface area contributed by atoms with Crippen molar-refractivity contribution in [3.63, 3.8) is 0 Å². The van der Waals surface area contributed by atoms with E-state index in [1.165, 1.54) is 24.3 Å². The van der Waals surface area contributed by atoms with Crippen LogP contribution in [0, 0.1) is 17.0 Å². The SMILES string of the molecule is CC(C)(Cc1ccc(F)c(-c2ccc(F)c(Cl)n2)c1)C(=O)O. The van der Waals surface area contributed by atoms with Crippen LogP contribution in [0.15, 0.2) is 30.3 Å². The lowest BCUT2D eigenvalue weighted by Crippen LogP contribution is -2.26. The maximum Gasteiger partial charge on any atom is 0.309 e. The highest BCUT2D eigenvalue weighted by molar-refractivity contribution is 6.29. The van der Waals surface area contributed by atoms with Crippen LogP contribution in [-0.4, -0.2) is 16.1 Å². The molecule has 0 saturated carbocycles. The van der Waals surface area contributed by atoms with Crippen LogP contribution in [0.4, 0.5) is 8.78 Å². The fourth-order valence-electron chi connectivity index (χ4n) is 2.03. The minimum atomic E-state index is -0.983. The summed E-state index contributed by atoms with van der Waals surface area (Å²) in [5, 5.41) is 8.83. The molecule has 2 aromatic rings. The molecule has 116 valence electrons. The van der Waals surface area contributed by atoms with Gasteiger partial charge in [0.15, 0.2) is 11.0 Å². The number of nitrogens with zero attached hydrogens (tertiary/aromatic N) is 1. The number of carboxylic acid groups (broad SMARTS) is 1. The van der Waals surface area contributed by atoms with E-state index in [2.05, 4.69) is 4.98 Å². The van der Waals surface area contributed by atoms with Crippen molar-refractivity contribution in [1.29, 1.82) is 0 Å². The van der Waals surface area contributed by atoms with Gasteiger partial charge in [-0.25, -0.2) is 13.8 Å². The molecule has 2 rings (SSSR count). The van der Waals surface area contributed by atoms with Gasteiger partial charge in [0.05, 0.1) is 11.1 Å². The van der Waals surface area contributed by atoms with Crippen LogP contribution in [0.2, 0.25) is 5.15 Å². The van der Waals surface area contributed by atoms with Crippen molar-refractivity contribution >= 4 is 17.6 Å². The number of benzene rings is 1. The molecule has 0 aliphatic rings. The molecule has 0 saturated heterocycles.